The quantitative estimate of drug-likeness (QED) is 0.726. The van der Waals surface area contributed by atoms with Crippen LogP contribution in [0.4, 0.5) is 0 Å². The molecule has 136 valence electrons. The highest BCUT2D eigenvalue weighted by molar-refractivity contribution is 5.78. The van der Waals surface area contributed by atoms with E-state index < -0.39 is 0 Å². The zero-order chi connectivity index (χ0) is 18.5. The van der Waals surface area contributed by atoms with Gasteiger partial charge in [-0.15, -0.1) is 0 Å². The number of ether oxygens (including phenoxy) is 3. The fourth-order valence-corrected chi connectivity index (χ4v) is 2.89. The molecule has 0 spiro atoms. The minimum Gasteiger partial charge on any atom is -0.483 e. The first kappa shape index (κ1) is 17.0. The Bertz CT molecular complexity index is 940. The largest absolute Gasteiger partial charge is 0.483 e. The fraction of sp³-hybridized carbons (Fsp3) is 0.136. The van der Waals surface area contributed by atoms with E-state index in [4.69, 9.17) is 14.2 Å². The van der Waals surface area contributed by atoms with Crippen molar-refractivity contribution in [1.29, 1.82) is 0 Å². The molecule has 0 bridgehead atoms. The molecule has 3 aromatic carbocycles. The summed E-state index contributed by atoms with van der Waals surface area (Å²) >= 11 is 0. The SMILES string of the molecule is O=C(COc1ccccc1-c1ccccc1)NCc1ccc2c(c1)OCO2. The van der Waals surface area contributed by atoms with Crippen LogP contribution in [0.15, 0.2) is 72.8 Å². The lowest BCUT2D eigenvalue weighted by Gasteiger charge is -2.12. The maximum Gasteiger partial charge on any atom is 0.258 e. The van der Waals surface area contributed by atoms with Crippen molar-refractivity contribution in [2.75, 3.05) is 13.4 Å². The zero-order valence-electron chi connectivity index (χ0n) is 14.7. The Labute approximate surface area is 157 Å². The van der Waals surface area contributed by atoms with E-state index in [0.29, 0.717) is 18.0 Å². The van der Waals surface area contributed by atoms with Crippen LogP contribution in [0.1, 0.15) is 5.56 Å². The van der Waals surface area contributed by atoms with Crippen LogP contribution in [0.2, 0.25) is 0 Å². The summed E-state index contributed by atoms with van der Waals surface area (Å²) in [6.07, 6.45) is 0. The Kier molecular flexibility index (Phi) is 4.92. The van der Waals surface area contributed by atoms with Crippen LogP contribution in [0.3, 0.4) is 0 Å². The Morgan fingerprint density at radius 3 is 2.59 bits per heavy atom. The van der Waals surface area contributed by atoms with Crippen LogP contribution < -0.4 is 19.5 Å². The molecular weight excluding hydrogens is 342 g/mol. The van der Waals surface area contributed by atoms with Crippen molar-refractivity contribution in [3.8, 4) is 28.4 Å². The van der Waals surface area contributed by atoms with Gasteiger partial charge in [-0.05, 0) is 29.3 Å². The average molecular weight is 361 g/mol. The molecule has 5 heteroatoms. The molecule has 0 saturated heterocycles. The molecule has 0 fully saturated rings. The van der Waals surface area contributed by atoms with Gasteiger partial charge in [0.15, 0.2) is 18.1 Å². The summed E-state index contributed by atoms with van der Waals surface area (Å²) in [7, 11) is 0. The molecule has 0 saturated carbocycles. The number of carbonyl (C=O) groups excluding carboxylic acids is 1. The molecule has 1 aliphatic heterocycles. The van der Waals surface area contributed by atoms with Crippen LogP contribution >= 0.6 is 0 Å². The number of rotatable bonds is 6. The third-order valence-corrected chi connectivity index (χ3v) is 4.26. The molecule has 0 aromatic heterocycles. The zero-order valence-corrected chi connectivity index (χ0v) is 14.7. The Hall–Kier alpha value is -3.47. The van der Waals surface area contributed by atoms with Crippen LogP contribution in [0, 0.1) is 0 Å². The molecule has 1 amide bonds. The molecule has 0 unspecified atom stereocenters. The molecular formula is C22H19NO4. The average Bonchev–Trinajstić information content (AvgIpc) is 3.19. The van der Waals surface area contributed by atoms with Crippen molar-refractivity contribution >= 4 is 5.91 Å². The van der Waals surface area contributed by atoms with Gasteiger partial charge in [0.2, 0.25) is 6.79 Å². The number of hydrogen-bond donors (Lipinski definition) is 1. The van der Waals surface area contributed by atoms with Crippen molar-refractivity contribution in [2.24, 2.45) is 0 Å². The smallest absolute Gasteiger partial charge is 0.258 e. The van der Waals surface area contributed by atoms with Gasteiger partial charge >= 0.3 is 0 Å². The molecule has 1 heterocycles. The van der Waals surface area contributed by atoms with Gasteiger partial charge < -0.3 is 19.5 Å². The number of para-hydroxylation sites is 1. The molecule has 0 aliphatic carbocycles. The van der Waals surface area contributed by atoms with Gasteiger partial charge in [0.25, 0.3) is 5.91 Å². The van der Waals surface area contributed by atoms with Crippen molar-refractivity contribution in [3.63, 3.8) is 0 Å². The van der Waals surface area contributed by atoms with E-state index in [1.807, 2.05) is 72.8 Å². The van der Waals surface area contributed by atoms with Crippen molar-refractivity contribution < 1.29 is 19.0 Å². The van der Waals surface area contributed by atoms with Crippen LogP contribution in [-0.2, 0) is 11.3 Å². The topological polar surface area (TPSA) is 56.8 Å². The van der Waals surface area contributed by atoms with Crippen LogP contribution in [-0.4, -0.2) is 19.3 Å². The molecule has 3 aromatic rings. The summed E-state index contributed by atoms with van der Waals surface area (Å²) in [5.41, 5.74) is 2.95. The Morgan fingerprint density at radius 1 is 0.926 bits per heavy atom. The van der Waals surface area contributed by atoms with Crippen molar-refractivity contribution in [1.82, 2.24) is 5.32 Å². The van der Waals surface area contributed by atoms with Crippen LogP contribution in [0.5, 0.6) is 17.2 Å². The first-order valence-corrected chi connectivity index (χ1v) is 8.72. The summed E-state index contributed by atoms with van der Waals surface area (Å²) in [6, 6.07) is 23.3. The first-order valence-electron chi connectivity index (χ1n) is 8.72. The molecule has 1 aliphatic rings. The van der Waals surface area contributed by atoms with Crippen LogP contribution in [0.25, 0.3) is 11.1 Å². The van der Waals surface area contributed by atoms with E-state index in [1.54, 1.807) is 0 Å². The molecule has 0 atom stereocenters. The monoisotopic (exact) mass is 361 g/mol. The Balaban J connectivity index is 1.35. The summed E-state index contributed by atoms with van der Waals surface area (Å²) in [6.45, 7) is 0.591. The number of hydrogen-bond acceptors (Lipinski definition) is 4. The number of amides is 1. The summed E-state index contributed by atoms with van der Waals surface area (Å²) in [5, 5.41) is 2.86. The van der Waals surface area contributed by atoms with E-state index in [1.165, 1.54) is 0 Å². The highest BCUT2D eigenvalue weighted by Gasteiger charge is 2.13. The van der Waals surface area contributed by atoms with Crippen molar-refractivity contribution in [2.45, 2.75) is 6.54 Å². The molecule has 5 nitrogen and oxygen atoms in total. The number of nitrogens with one attached hydrogen (secondary N) is 1. The number of benzene rings is 3. The molecule has 27 heavy (non-hydrogen) atoms. The van der Waals surface area contributed by atoms with Gasteiger partial charge in [-0.2, -0.15) is 0 Å². The van der Waals surface area contributed by atoms with Gasteiger partial charge in [-0.25, -0.2) is 0 Å². The second-order valence-corrected chi connectivity index (χ2v) is 6.12. The highest BCUT2D eigenvalue weighted by Crippen LogP contribution is 2.32. The lowest BCUT2D eigenvalue weighted by molar-refractivity contribution is -0.123. The van der Waals surface area contributed by atoms with E-state index in [-0.39, 0.29) is 19.3 Å². The first-order chi connectivity index (χ1) is 13.3. The van der Waals surface area contributed by atoms with Gasteiger partial charge in [-0.1, -0.05) is 54.6 Å². The second kappa shape index (κ2) is 7.83. The third kappa shape index (κ3) is 4.03. The van der Waals surface area contributed by atoms with Gasteiger partial charge in [-0.3, -0.25) is 4.79 Å². The van der Waals surface area contributed by atoms with E-state index in [2.05, 4.69) is 5.32 Å². The van der Waals surface area contributed by atoms with E-state index in [0.717, 1.165) is 22.4 Å². The second-order valence-electron chi connectivity index (χ2n) is 6.12. The normalized spacial score (nSPS) is 11.9. The standard InChI is InChI=1S/C22H19NO4/c24-22(23-13-16-10-11-20-21(12-16)27-15-26-20)14-25-19-9-5-4-8-18(19)17-6-2-1-3-7-17/h1-12H,13-15H2,(H,23,24). The van der Waals surface area contributed by atoms with E-state index in [9.17, 15) is 4.79 Å². The highest BCUT2D eigenvalue weighted by atomic mass is 16.7. The maximum atomic E-state index is 12.2. The van der Waals surface area contributed by atoms with Crippen molar-refractivity contribution in [3.05, 3.63) is 78.4 Å². The predicted molar refractivity (Wildman–Crippen MR) is 102 cm³/mol. The maximum absolute atomic E-state index is 12.2. The lowest BCUT2D eigenvalue weighted by atomic mass is 10.1. The van der Waals surface area contributed by atoms with Gasteiger partial charge in [0, 0.05) is 12.1 Å². The number of carbonyl (C=O) groups is 1. The molecule has 0 radical (unpaired) electrons. The minimum absolute atomic E-state index is 0.0472. The summed E-state index contributed by atoms with van der Waals surface area (Å²) < 4.78 is 16.4. The fourth-order valence-electron chi connectivity index (χ4n) is 2.89. The number of fused-ring (bicyclic) bond motifs is 1. The predicted octanol–water partition coefficient (Wildman–Crippen LogP) is 3.78. The van der Waals surface area contributed by atoms with Gasteiger partial charge in [0.05, 0.1) is 0 Å². The Morgan fingerprint density at radius 2 is 1.70 bits per heavy atom. The lowest BCUT2D eigenvalue weighted by Crippen LogP contribution is -2.28. The third-order valence-electron chi connectivity index (χ3n) is 4.26. The summed E-state index contributed by atoms with van der Waals surface area (Å²) in [5.74, 6) is 1.93. The van der Waals surface area contributed by atoms with E-state index >= 15 is 0 Å². The summed E-state index contributed by atoms with van der Waals surface area (Å²) in [4.78, 5) is 12.2. The molecule has 4 rings (SSSR count). The minimum atomic E-state index is -0.185. The molecule has 1 N–H and O–H groups in total. The van der Waals surface area contributed by atoms with Gasteiger partial charge in [0.1, 0.15) is 5.75 Å².